The van der Waals surface area contributed by atoms with Crippen molar-refractivity contribution in [2.45, 2.75) is 19.0 Å². The predicted molar refractivity (Wildman–Crippen MR) is 69.6 cm³/mol. The maximum atomic E-state index is 12.6. The van der Waals surface area contributed by atoms with Crippen molar-refractivity contribution >= 4 is 31.8 Å². The summed E-state index contributed by atoms with van der Waals surface area (Å²) in [6.07, 6.45) is -3.62. The Morgan fingerprint density at radius 1 is 1.30 bits per heavy atom. The Labute approximate surface area is 121 Å². The largest absolute Gasteiger partial charge is 0.417 e. The molecule has 0 saturated carbocycles. The van der Waals surface area contributed by atoms with Gasteiger partial charge in [0.2, 0.25) is 10.0 Å². The van der Waals surface area contributed by atoms with Crippen molar-refractivity contribution in [2.24, 2.45) is 0 Å². The smallest absolute Gasteiger partial charge is 0.267 e. The Bertz CT molecular complexity index is 563. The highest BCUT2D eigenvalue weighted by Crippen LogP contribution is 2.35. The van der Waals surface area contributed by atoms with Gasteiger partial charge in [0.05, 0.1) is 18.0 Å². The fourth-order valence-corrected chi connectivity index (χ4v) is 2.87. The number of anilines is 1. The van der Waals surface area contributed by atoms with E-state index in [4.69, 9.17) is 0 Å². The molecular formula is C10H11BrF4N2O2S. The standard InChI is InChI=1S/C10H11BrF4N2O2S/c11-8-6-16-9(5-7(8)10(13,14)15)17-20(18,19)4-2-1-3-12/h5-6H,1-4H2,(H,16,17). The van der Waals surface area contributed by atoms with Crippen LogP contribution in [0.1, 0.15) is 18.4 Å². The van der Waals surface area contributed by atoms with Crippen LogP contribution in [0.4, 0.5) is 23.4 Å². The lowest BCUT2D eigenvalue weighted by Crippen LogP contribution is -2.18. The molecule has 0 bridgehead atoms. The lowest BCUT2D eigenvalue weighted by molar-refractivity contribution is -0.138. The highest BCUT2D eigenvalue weighted by Gasteiger charge is 2.33. The van der Waals surface area contributed by atoms with Gasteiger partial charge in [-0.05, 0) is 34.8 Å². The highest BCUT2D eigenvalue weighted by atomic mass is 79.9. The molecule has 20 heavy (non-hydrogen) atoms. The van der Waals surface area contributed by atoms with Crippen LogP contribution in [0.2, 0.25) is 0 Å². The number of unbranched alkanes of at least 4 members (excludes halogenated alkanes) is 1. The van der Waals surface area contributed by atoms with E-state index in [1.807, 2.05) is 4.72 Å². The molecule has 0 aromatic carbocycles. The van der Waals surface area contributed by atoms with Gasteiger partial charge in [0.1, 0.15) is 5.82 Å². The van der Waals surface area contributed by atoms with E-state index >= 15 is 0 Å². The van der Waals surface area contributed by atoms with Gasteiger partial charge in [0, 0.05) is 10.7 Å². The fraction of sp³-hybridized carbons (Fsp3) is 0.500. The minimum atomic E-state index is -4.63. The first-order valence-electron chi connectivity index (χ1n) is 5.45. The molecule has 0 spiro atoms. The second-order valence-corrected chi connectivity index (χ2v) is 6.56. The summed E-state index contributed by atoms with van der Waals surface area (Å²) in [5.74, 6) is -0.809. The lowest BCUT2D eigenvalue weighted by atomic mass is 10.2. The molecule has 10 heteroatoms. The van der Waals surface area contributed by atoms with E-state index in [0.717, 1.165) is 6.20 Å². The number of nitrogens with zero attached hydrogens (tertiary/aromatic N) is 1. The number of nitrogens with one attached hydrogen (secondary N) is 1. The Morgan fingerprint density at radius 2 is 1.95 bits per heavy atom. The van der Waals surface area contributed by atoms with Crippen LogP contribution in [-0.2, 0) is 16.2 Å². The summed E-state index contributed by atoms with van der Waals surface area (Å²) < 4.78 is 74.5. The second kappa shape index (κ2) is 6.70. The summed E-state index contributed by atoms with van der Waals surface area (Å²) in [7, 11) is -3.84. The van der Waals surface area contributed by atoms with Gasteiger partial charge in [-0.15, -0.1) is 0 Å². The summed E-state index contributed by atoms with van der Waals surface area (Å²) in [5, 5.41) is 0. The first kappa shape index (κ1) is 17.2. The first-order chi connectivity index (χ1) is 9.15. The maximum absolute atomic E-state index is 12.6. The Kier molecular flexibility index (Phi) is 5.75. The third-order valence-corrected chi connectivity index (χ3v) is 4.20. The zero-order valence-corrected chi connectivity index (χ0v) is 12.4. The molecule has 1 aromatic rings. The van der Waals surface area contributed by atoms with Gasteiger partial charge in [0.15, 0.2) is 0 Å². The Balaban J connectivity index is 2.88. The number of aromatic nitrogens is 1. The zero-order chi connectivity index (χ0) is 15.4. The summed E-state index contributed by atoms with van der Waals surface area (Å²) >= 11 is 2.70. The molecule has 0 atom stereocenters. The number of rotatable bonds is 6. The molecule has 1 N–H and O–H groups in total. The third kappa shape index (κ3) is 5.23. The predicted octanol–water partition coefficient (Wildman–Crippen LogP) is 3.35. The minimum absolute atomic E-state index is 0.0719. The molecule has 1 aromatic heterocycles. The molecule has 114 valence electrons. The normalized spacial score (nSPS) is 12.4. The molecule has 0 aliphatic heterocycles. The van der Waals surface area contributed by atoms with Gasteiger partial charge in [-0.2, -0.15) is 13.2 Å². The lowest BCUT2D eigenvalue weighted by Gasteiger charge is -2.12. The SMILES string of the molecule is O=S(=O)(CCCCF)Nc1cc(C(F)(F)F)c(Br)cn1. The Hall–Kier alpha value is -0.900. The van der Waals surface area contributed by atoms with Crippen LogP contribution in [0.5, 0.6) is 0 Å². The van der Waals surface area contributed by atoms with Crippen LogP contribution < -0.4 is 4.72 Å². The zero-order valence-electron chi connectivity index (χ0n) is 10.0. The van der Waals surface area contributed by atoms with E-state index in [1.54, 1.807) is 0 Å². The van der Waals surface area contributed by atoms with Crippen molar-refractivity contribution in [2.75, 3.05) is 17.1 Å². The van der Waals surface area contributed by atoms with Crippen molar-refractivity contribution in [1.82, 2.24) is 4.98 Å². The monoisotopic (exact) mass is 378 g/mol. The van der Waals surface area contributed by atoms with Crippen molar-refractivity contribution in [1.29, 1.82) is 0 Å². The molecule has 0 radical (unpaired) electrons. The average Bonchev–Trinajstić information content (AvgIpc) is 2.30. The topological polar surface area (TPSA) is 59.1 Å². The summed E-state index contributed by atoms with van der Waals surface area (Å²) in [4.78, 5) is 3.55. The molecule has 1 rings (SSSR count). The number of hydrogen-bond acceptors (Lipinski definition) is 3. The van der Waals surface area contributed by atoms with Gasteiger partial charge in [-0.25, -0.2) is 13.4 Å². The summed E-state index contributed by atoms with van der Waals surface area (Å²) in [6.45, 7) is -0.649. The number of hydrogen-bond donors (Lipinski definition) is 1. The van der Waals surface area contributed by atoms with Crippen molar-refractivity contribution in [3.8, 4) is 0 Å². The van der Waals surface area contributed by atoms with Gasteiger partial charge in [0.25, 0.3) is 0 Å². The summed E-state index contributed by atoms with van der Waals surface area (Å²) in [5.41, 5.74) is -1.03. The average molecular weight is 379 g/mol. The van der Waals surface area contributed by atoms with E-state index in [1.165, 1.54) is 0 Å². The molecule has 0 saturated heterocycles. The number of sulfonamides is 1. The van der Waals surface area contributed by atoms with Crippen LogP contribution in [0.15, 0.2) is 16.7 Å². The van der Waals surface area contributed by atoms with Gasteiger partial charge in [-0.3, -0.25) is 9.11 Å². The molecule has 0 aliphatic carbocycles. The second-order valence-electron chi connectivity index (χ2n) is 3.86. The van der Waals surface area contributed by atoms with Crippen LogP contribution in [0.3, 0.4) is 0 Å². The van der Waals surface area contributed by atoms with Gasteiger partial charge >= 0.3 is 6.18 Å². The highest BCUT2D eigenvalue weighted by molar-refractivity contribution is 9.10. The number of pyridine rings is 1. The maximum Gasteiger partial charge on any atom is 0.417 e. The van der Waals surface area contributed by atoms with Gasteiger partial charge in [-0.1, -0.05) is 0 Å². The van der Waals surface area contributed by atoms with Crippen molar-refractivity contribution in [3.63, 3.8) is 0 Å². The molecule has 0 aliphatic rings. The van der Waals surface area contributed by atoms with Crippen LogP contribution >= 0.6 is 15.9 Å². The van der Waals surface area contributed by atoms with Crippen molar-refractivity contribution in [3.05, 3.63) is 22.3 Å². The van der Waals surface area contributed by atoms with E-state index in [9.17, 15) is 26.0 Å². The fourth-order valence-electron chi connectivity index (χ4n) is 1.31. The summed E-state index contributed by atoms with van der Waals surface area (Å²) in [6, 6.07) is 0.594. The first-order valence-corrected chi connectivity index (χ1v) is 7.89. The minimum Gasteiger partial charge on any atom is -0.267 e. The molecule has 0 amide bonds. The molecular weight excluding hydrogens is 368 g/mol. The molecule has 0 unspecified atom stereocenters. The van der Waals surface area contributed by atoms with E-state index in [2.05, 4.69) is 20.9 Å². The quantitative estimate of drug-likeness (QED) is 0.609. The number of halogens is 5. The number of alkyl halides is 4. The van der Waals surface area contributed by atoms with Gasteiger partial charge < -0.3 is 0 Å². The molecule has 1 heterocycles. The van der Waals surface area contributed by atoms with Crippen LogP contribution in [0, 0.1) is 0 Å². The van der Waals surface area contributed by atoms with Crippen molar-refractivity contribution < 1.29 is 26.0 Å². The molecule has 0 fully saturated rings. The van der Waals surface area contributed by atoms with Crippen LogP contribution in [-0.4, -0.2) is 25.8 Å². The van der Waals surface area contributed by atoms with Crippen LogP contribution in [0.25, 0.3) is 0 Å². The Morgan fingerprint density at radius 3 is 2.50 bits per heavy atom. The third-order valence-electron chi connectivity index (χ3n) is 2.22. The van der Waals surface area contributed by atoms with E-state index in [0.29, 0.717) is 6.07 Å². The van der Waals surface area contributed by atoms with E-state index in [-0.39, 0.29) is 23.1 Å². The molecule has 4 nitrogen and oxygen atoms in total. The van der Waals surface area contributed by atoms with E-state index < -0.39 is 34.3 Å².